The van der Waals surface area contributed by atoms with Crippen molar-refractivity contribution in [3.05, 3.63) is 54.1 Å². The Morgan fingerprint density at radius 2 is 1.67 bits per heavy atom. The highest BCUT2D eigenvalue weighted by Gasteiger charge is 2.25. The van der Waals surface area contributed by atoms with E-state index >= 15 is 0 Å². The summed E-state index contributed by atoms with van der Waals surface area (Å²) in [5, 5.41) is 0. The van der Waals surface area contributed by atoms with Crippen LogP contribution in [0.1, 0.15) is 0 Å². The van der Waals surface area contributed by atoms with E-state index < -0.39 is 26.6 Å². The first-order valence-corrected chi connectivity index (χ1v) is 7.38. The average molecular weight is 313 g/mol. The number of nitrogens with zero attached hydrogens (tertiary/aromatic N) is 1. The van der Waals surface area contributed by atoms with Crippen molar-refractivity contribution in [2.75, 3.05) is 18.5 Å². The molecule has 0 atom stereocenters. The summed E-state index contributed by atoms with van der Waals surface area (Å²) in [5.41, 5.74) is 0.333. The number of benzene rings is 2. The van der Waals surface area contributed by atoms with Gasteiger partial charge in [0.25, 0.3) is 10.0 Å². The van der Waals surface area contributed by atoms with Gasteiger partial charge < -0.3 is 4.74 Å². The first kappa shape index (κ1) is 15.2. The van der Waals surface area contributed by atoms with Crippen molar-refractivity contribution < 1.29 is 21.9 Å². The highest BCUT2D eigenvalue weighted by Crippen LogP contribution is 2.25. The SMILES string of the molecule is COc1ccc(N(C)S(=O)(=O)c2ccc(F)cc2F)cc1. The van der Waals surface area contributed by atoms with E-state index in [4.69, 9.17) is 4.74 Å². The first-order chi connectivity index (χ1) is 9.86. The van der Waals surface area contributed by atoms with Crippen LogP contribution in [0.2, 0.25) is 0 Å². The maximum Gasteiger partial charge on any atom is 0.266 e. The van der Waals surface area contributed by atoms with Crippen LogP contribution in [-0.4, -0.2) is 22.6 Å². The first-order valence-electron chi connectivity index (χ1n) is 5.94. The number of ether oxygens (including phenoxy) is 1. The molecule has 0 aliphatic heterocycles. The van der Waals surface area contributed by atoms with Crippen molar-refractivity contribution in [3.63, 3.8) is 0 Å². The predicted molar refractivity (Wildman–Crippen MR) is 74.9 cm³/mol. The minimum atomic E-state index is -4.11. The summed E-state index contributed by atoms with van der Waals surface area (Å²) in [6, 6.07) is 8.56. The smallest absolute Gasteiger partial charge is 0.266 e. The van der Waals surface area contributed by atoms with Gasteiger partial charge in [-0.3, -0.25) is 4.31 Å². The van der Waals surface area contributed by atoms with Crippen LogP contribution in [0.4, 0.5) is 14.5 Å². The van der Waals surface area contributed by atoms with Crippen LogP contribution in [0.3, 0.4) is 0 Å². The summed E-state index contributed by atoms with van der Waals surface area (Å²) in [6.07, 6.45) is 0. The van der Waals surface area contributed by atoms with Gasteiger partial charge in [0.05, 0.1) is 12.8 Å². The Morgan fingerprint density at radius 1 is 1.05 bits per heavy atom. The van der Waals surface area contributed by atoms with Crippen molar-refractivity contribution in [1.82, 2.24) is 0 Å². The molecule has 0 unspecified atom stereocenters. The van der Waals surface area contributed by atoms with Gasteiger partial charge in [-0.1, -0.05) is 0 Å². The number of sulfonamides is 1. The minimum absolute atomic E-state index is 0.333. The molecule has 0 amide bonds. The molecular formula is C14H13F2NO3S. The molecule has 0 bridgehead atoms. The molecule has 0 aliphatic rings. The fourth-order valence-electron chi connectivity index (χ4n) is 1.76. The molecule has 4 nitrogen and oxygen atoms in total. The highest BCUT2D eigenvalue weighted by atomic mass is 32.2. The highest BCUT2D eigenvalue weighted by molar-refractivity contribution is 7.92. The maximum atomic E-state index is 13.7. The normalized spacial score (nSPS) is 11.2. The Labute approximate surface area is 121 Å². The van der Waals surface area contributed by atoms with Gasteiger partial charge in [0.15, 0.2) is 0 Å². The quantitative estimate of drug-likeness (QED) is 0.872. The molecule has 2 aromatic carbocycles. The molecule has 21 heavy (non-hydrogen) atoms. The lowest BCUT2D eigenvalue weighted by Crippen LogP contribution is -2.27. The molecule has 0 radical (unpaired) electrons. The minimum Gasteiger partial charge on any atom is -0.497 e. The molecule has 0 aliphatic carbocycles. The van der Waals surface area contributed by atoms with Crippen LogP contribution >= 0.6 is 0 Å². The summed E-state index contributed by atoms with van der Waals surface area (Å²) in [7, 11) is -1.33. The van der Waals surface area contributed by atoms with Crippen molar-refractivity contribution in [1.29, 1.82) is 0 Å². The topological polar surface area (TPSA) is 46.6 Å². The van der Waals surface area contributed by atoms with Gasteiger partial charge in [-0.25, -0.2) is 17.2 Å². The van der Waals surface area contributed by atoms with Gasteiger partial charge in [0, 0.05) is 13.1 Å². The second-order valence-electron chi connectivity index (χ2n) is 4.25. The molecule has 112 valence electrons. The number of halogens is 2. The molecule has 0 aromatic heterocycles. The van der Waals surface area contributed by atoms with Crippen molar-refractivity contribution in [2.24, 2.45) is 0 Å². The van der Waals surface area contributed by atoms with E-state index in [1.807, 2.05) is 0 Å². The molecule has 7 heteroatoms. The van der Waals surface area contributed by atoms with E-state index in [2.05, 4.69) is 0 Å². The van der Waals surface area contributed by atoms with Crippen molar-refractivity contribution in [2.45, 2.75) is 4.90 Å². The number of anilines is 1. The molecule has 0 heterocycles. The van der Waals surface area contributed by atoms with Gasteiger partial charge in [-0.2, -0.15) is 0 Å². The van der Waals surface area contributed by atoms with Crippen LogP contribution in [-0.2, 0) is 10.0 Å². The summed E-state index contributed by atoms with van der Waals surface area (Å²) in [4.78, 5) is -0.581. The van der Waals surface area contributed by atoms with E-state index in [9.17, 15) is 17.2 Å². The standard InChI is InChI=1S/C14H13F2NO3S/c1-17(11-4-6-12(20-2)7-5-11)21(18,19)14-8-3-10(15)9-13(14)16/h3-9H,1-2H3. The zero-order valence-electron chi connectivity index (χ0n) is 11.4. The third-order valence-corrected chi connectivity index (χ3v) is 4.79. The lowest BCUT2D eigenvalue weighted by molar-refractivity contribution is 0.415. The molecule has 2 aromatic rings. The van der Waals surface area contributed by atoms with E-state index in [1.165, 1.54) is 26.3 Å². The van der Waals surface area contributed by atoms with Gasteiger partial charge in [0.1, 0.15) is 22.3 Å². The largest absolute Gasteiger partial charge is 0.497 e. The van der Waals surface area contributed by atoms with Gasteiger partial charge in [0.2, 0.25) is 0 Å². The van der Waals surface area contributed by atoms with Crippen LogP contribution in [0.15, 0.2) is 47.4 Å². The predicted octanol–water partition coefficient (Wildman–Crippen LogP) is 2.80. The Kier molecular flexibility index (Phi) is 4.13. The van der Waals surface area contributed by atoms with E-state index in [0.717, 1.165) is 16.4 Å². The molecular weight excluding hydrogens is 300 g/mol. The van der Waals surface area contributed by atoms with Gasteiger partial charge in [-0.05, 0) is 36.4 Å². The summed E-state index contributed by atoms with van der Waals surface area (Å²) < 4.78 is 57.2. The number of rotatable bonds is 4. The zero-order valence-corrected chi connectivity index (χ0v) is 12.2. The summed E-state index contributed by atoms with van der Waals surface area (Å²) in [5.74, 6) is -1.40. The molecule has 0 fully saturated rings. The van der Waals surface area contributed by atoms with Crippen LogP contribution < -0.4 is 9.04 Å². The van der Waals surface area contributed by atoms with Crippen molar-refractivity contribution in [3.8, 4) is 5.75 Å². The fourth-order valence-corrected chi connectivity index (χ4v) is 3.00. The van der Waals surface area contributed by atoms with E-state index in [-0.39, 0.29) is 0 Å². The number of hydrogen-bond acceptors (Lipinski definition) is 3. The third-order valence-electron chi connectivity index (χ3n) is 2.97. The molecule has 0 N–H and O–H groups in total. The maximum absolute atomic E-state index is 13.7. The monoisotopic (exact) mass is 313 g/mol. The van der Waals surface area contributed by atoms with Gasteiger partial charge >= 0.3 is 0 Å². The zero-order chi connectivity index (χ0) is 15.6. The second-order valence-corrected chi connectivity index (χ2v) is 6.18. The van der Waals surface area contributed by atoms with E-state index in [0.29, 0.717) is 17.5 Å². The van der Waals surface area contributed by atoms with Gasteiger partial charge in [-0.15, -0.1) is 0 Å². The Hall–Kier alpha value is -2.15. The van der Waals surface area contributed by atoms with Crippen LogP contribution in [0.25, 0.3) is 0 Å². The Bertz CT molecular complexity index is 745. The Morgan fingerprint density at radius 3 is 2.19 bits per heavy atom. The van der Waals surface area contributed by atoms with Crippen LogP contribution in [0, 0.1) is 11.6 Å². The average Bonchev–Trinajstić information content (AvgIpc) is 2.46. The second kappa shape index (κ2) is 5.69. The lowest BCUT2D eigenvalue weighted by Gasteiger charge is -2.20. The number of hydrogen-bond donors (Lipinski definition) is 0. The number of methoxy groups -OCH3 is 1. The molecule has 0 saturated heterocycles. The molecule has 0 spiro atoms. The summed E-state index contributed by atoms with van der Waals surface area (Å²) in [6.45, 7) is 0. The van der Waals surface area contributed by atoms with E-state index in [1.54, 1.807) is 12.1 Å². The molecule has 2 rings (SSSR count). The molecule has 0 saturated carbocycles. The lowest BCUT2D eigenvalue weighted by atomic mass is 10.3. The van der Waals surface area contributed by atoms with Crippen LogP contribution in [0.5, 0.6) is 5.75 Å². The third kappa shape index (κ3) is 2.97. The Balaban J connectivity index is 2.42. The van der Waals surface area contributed by atoms with Crippen molar-refractivity contribution >= 4 is 15.7 Å². The summed E-state index contributed by atoms with van der Waals surface area (Å²) >= 11 is 0. The fraction of sp³-hybridized carbons (Fsp3) is 0.143.